The molecule has 1 aliphatic rings. The van der Waals surface area contributed by atoms with Crippen LogP contribution in [-0.2, 0) is 21.1 Å². The van der Waals surface area contributed by atoms with Gasteiger partial charge in [0.25, 0.3) is 0 Å². The van der Waals surface area contributed by atoms with Crippen LogP contribution in [0.4, 0.5) is 5.69 Å². The van der Waals surface area contributed by atoms with E-state index in [0.717, 1.165) is 22.5 Å². The fourth-order valence-electron chi connectivity index (χ4n) is 4.71. The van der Waals surface area contributed by atoms with Crippen LogP contribution < -0.4 is 15.3 Å². The average Bonchev–Trinajstić information content (AvgIpc) is 3.45. The Labute approximate surface area is 221 Å². The Morgan fingerprint density at radius 1 is 0.857 bits per heavy atom. The number of aromatic nitrogens is 2. The van der Waals surface area contributed by atoms with Crippen molar-refractivity contribution < 1.29 is 21.1 Å². The largest absolute Gasteiger partial charge is 0.510 e. The van der Waals surface area contributed by atoms with E-state index in [1.807, 2.05) is 36.5 Å². The molecule has 6 heteroatoms. The van der Waals surface area contributed by atoms with Gasteiger partial charge in [-0.15, -0.1) is 11.1 Å². The van der Waals surface area contributed by atoms with E-state index >= 15 is 0 Å². The van der Waals surface area contributed by atoms with E-state index in [1.54, 1.807) is 0 Å². The van der Waals surface area contributed by atoms with Gasteiger partial charge in [0.2, 0.25) is 0 Å². The van der Waals surface area contributed by atoms with Crippen molar-refractivity contribution in [2.45, 2.75) is 13.1 Å². The number of pyridine rings is 1. The van der Waals surface area contributed by atoms with Crippen LogP contribution in [0.5, 0.6) is 0 Å². The SMILES string of the molecule is CN1C=CN(c2[c-]c([Si](C)(C)c3[c-]cc4c(c3)c3ccccc3n4-c3ccccn3)ccc2)[CH-]1.[Pt]. The van der Waals surface area contributed by atoms with E-state index in [1.165, 1.54) is 21.1 Å². The van der Waals surface area contributed by atoms with Crippen molar-refractivity contribution in [1.29, 1.82) is 0 Å². The van der Waals surface area contributed by atoms with Crippen LogP contribution in [0.25, 0.3) is 27.6 Å². The van der Waals surface area contributed by atoms with Gasteiger partial charge in [-0.25, -0.2) is 4.98 Å². The van der Waals surface area contributed by atoms with Crippen LogP contribution in [0.1, 0.15) is 0 Å². The number of anilines is 1. The third kappa shape index (κ3) is 4.03. The number of fused-ring (bicyclic) bond motifs is 3. The molecule has 0 amide bonds. The predicted molar refractivity (Wildman–Crippen MR) is 143 cm³/mol. The molecule has 0 N–H and O–H groups in total. The third-order valence-corrected chi connectivity index (χ3v) is 9.93. The average molecular weight is 653 g/mol. The van der Waals surface area contributed by atoms with Crippen molar-refractivity contribution in [3.8, 4) is 5.82 Å². The molecule has 6 rings (SSSR count). The normalized spacial score (nSPS) is 13.6. The quantitative estimate of drug-likeness (QED) is 0.203. The van der Waals surface area contributed by atoms with Crippen LogP contribution >= 0.6 is 0 Å². The molecule has 0 fully saturated rings. The Morgan fingerprint density at radius 2 is 1.69 bits per heavy atom. The molecular formula is C29H25N4PtSi-3. The summed E-state index contributed by atoms with van der Waals surface area (Å²) in [7, 11) is -0.0114. The summed E-state index contributed by atoms with van der Waals surface area (Å²) >= 11 is 0. The fourth-order valence-corrected chi connectivity index (χ4v) is 6.90. The summed E-state index contributed by atoms with van der Waals surface area (Å²) in [5.74, 6) is 0.923. The third-order valence-electron chi connectivity index (χ3n) is 6.66. The van der Waals surface area contributed by atoms with Gasteiger partial charge in [0.15, 0.2) is 0 Å². The fraction of sp³-hybridized carbons (Fsp3) is 0.103. The zero-order chi connectivity index (χ0) is 23.3. The first-order valence-electron chi connectivity index (χ1n) is 11.5. The molecule has 2 aromatic heterocycles. The van der Waals surface area contributed by atoms with Crippen LogP contribution in [0, 0.1) is 18.8 Å². The molecule has 4 nitrogen and oxygen atoms in total. The Hall–Kier alpha value is -3.14. The second-order valence-electron chi connectivity index (χ2n) is 9.25. The van der Waals surface area contributed by atoms with E-state index in [4.69, 9.17) is 0 Å². The van der Waals surface area contributed by atoms with Crippen molar-refractivity contribution in [2.24, 2.45) is 0 Å². The Balaban J connectivity index is 0.00000253. The molecule has 0 unspecified atom stereocenters. The van der Waals surface area contributed by atoms with Crippen molar-refractivity contribution in [3.63, 3.8) is 0 Å². The molecule has 35 heavy (non-hydrogen) atoms. The molecule has 0 bridgehead atoms. The van der Waals surface area contributed by atoms with Crippen molar-refractivity contribution >= 4 is 45.9 Å². The number of rotatable bonds is 4. The molecule has 178 valence electrons. The minimum atomic E-state index is -2.04. The first-order chi connectivity index (χ1) is 16.5. The summed E-state index contributed by atoms with van der Waals surface area (Å²) in [6.07, 6.45) is 5.95. The van der Waals surface area contributed by atoms with E-state index < -0.39 is 8.07 Å². The molecule has 3 aromatic carbocycles. The number of hydrogen-bond acceptors (Lipinski definition) is 3. The molecule has 1 aliphatic heterocycles. The standard InChI is InChI=1S/C29H25N4Si.Pt/c1-31-17-18-32(21-31)22-9-8-10-23(19-22)34(2,3)24-14-15-28-26(20-24)25-11-4-5-12-27(25)33(28)29-13-6-7-16-30-29;/h4-13,15-18,20-21H,1-3H3;/q-3;. The van der Waals surface area contributed by atoms with Crippen LogP contribution in [0.15, 0.2) is 91.4 Å². The number of nitrogens with zero attached hydrogens (tertiary/aromatic N) is 4. The van der Waals surface area contributed by atoms with E-state index in [9.17, 15) is 0 Å². The molecule has 0 saturated heterocycles. The summed E-state index contributed by atoms with van der Waals surface area (Å²) in [6, 6.07) is 32.9. The van der Waals surface area contributed by atoms with Crippen LogP contribution in [0.3, 0.4) is 0 Å². The van der Waals surface area contributed by atoms with Crippen LogP contribution in [0.2, 0.25) is 13.1 Å². The summed E-state index contributed by atoms with van der Waals surface area (Å²) < 4.78 is 2.23. The second-order valence-corrected chi connectivity index (χ2v) is 13.6. The van der Waals surface area contributed by atoms with E-state index in [0.29, 0.717) is 0 Å². The molecule has 0 saturated carbocycles. The Bertz CT molecular complexity index is 1540. The zero-order valence-corrected chi connectivity index (χ0v) is 23.1. The summed E-state index contributed by atoms with van der Waals surface area (Å²) in [4.78, 5) is 8.79. The maximum absolute atomic E-state index is 4.63. The molecule has 0 aliphatic carbocycles. The van der Waals surface area contributed by atoms with Gasteiger partial charge < -0.3 is 14.4 Å². The van der Waals surface area contributed by atoms with Gasteiger partial charge in [-0.3, -0.25) is 0 Å². The van der Waals surface area contributed by atoms with Gasteiger partial charge >= 0.3 is 0 Å². The van der Waals surface area contributed by atoms with Crippen molar-refractivity contribution in [1.82, 2.24) is 14.5 Å². The first-order valence-corrected chi connectivity index (χ1v) is 14.5. The van der Waals surface area contributed by atoms with Gasteiger partial charge in [0, 0.05) is 32.8 Å². The minimum Gasteiger partial charge on any atom is -0.510 e. The number of benzene rings is 3. The Morgan fingerprint density at radius 3 is 2.46 bits per heavy atom. The number of para-hydroxylation sites is 1. The number of hydrogen-bond donors (Lipinski definition) is 0. The molecular weight excluding hydrogens is 628 g/mol. The molecule has 0 radical (unpaired) electrons. The maximum atomic E-state index is 4.63. The van der Waals surface area contributed by atoms with Crippen molar-refractivity contribution in [2.75, 3.05) is 11.9 Å². The van der Waals surface area contributed by atoms with Gasteiger partial charge in [-0.05, 0) is 43.0 Å². The molecule has 0 atom stereocenters. The zero-order valence-electron chi connectivity index (χ0n) is 19.8. The Kier molecular flexibility index (Phi) is 6.16. The molecule has 0 spiro atoms. The topological polar surface area (TPSA) is 24.3 Å². The smallest absolute Gasteiger partial charge is 0.126 e. The van der Waals surface area contributed by atoms with E-state index in [2.05, 4.69) is 113 Å². The summed E-state index contributed by atoms with van der Waals surface area (Å²) in [5.41, 5.74) is 3.35. The molecule has 5 aromatic rings. The maximum Gasteiger partial charge on any atom is 0.126 e. The summed E-state index contributed by atoms with van der Waals surface area (Å²) in [5, 5.41) is 5.02. The second kappa shape index (κ2) is 9.14. The van der Waals surface area contributed by atoms with Gasteiger partial charge in [-0.2, -0.15) is 59.5 Å². The van der Waals surface area contributed by atoms with Gasteiger partial charge in [-0.1, -0.05) is 42.9 Å². The van der Waals surface area contributed by atoms with Crippen molar-refractivity contribution in [3.05, 3.63) is 110 Å². The van der Waals surface area contributed by atoms with E-state index in [-0.39, 0.29) is 21.1 Å². The summed E-state index contributed by atoms with van der Waals surface area (Å²) in [6.45, 7) is 6.83. The minimum absolute atomic E-state index is 0. The van der Waals surface area contributed by atoms with Gasteiger partial charge in [0.1, 0.15) is 5.82 Å². The van der Waals surface area contributed by atoms with Gasteiger partial charge in [0.05, 0.1) is 8.07 Å². The monoisotopic (exact) mass is 652 g/mol. The van der Waals surface area contributed by atoms with Crippen LogP contribution in [-0.4, -0.2) is 29.6 Å². The predicted octanol–water partition coefficient (Wildman–Crippen LogP) is 4.94. The first kappa shape index (κ1) is 23.6. The molecule has 3 heterocycles.